The Morgan fingerprint density at radius 1 is 0.355 bits per heavy atom. The topological polar surface area (TPSA) is 0 Å². The van der Waals surface area contributed by atoms with Crippen molar-refractivity contribution in [2.75, 3.05) is 0 Å². The van der Waals surface area contributed by atoms with Crippen LogP contribution in [0.5, 0.6) is 0 Å². The molecule has 0 radical (unpaired) electrons. The van der Waals surface area contributed by atoms with Crippen LogP contribution in [0.3, 0.4) is 0 Å². The van der Waals surface area contributed by atoms with Gasteiger partial charge in [-0.3, -0.25) is 0 Å². The summed E-state index contributed by atoms with van der Waals surface area (Å²) in [5.41, 5.74) is 10.2. The van der Waals surface area contributed by atoms with Crippen molar-refractivity contribution in [1.29, 1.82) is 0 Å². The minimum Gasteiger partial charge on any atom is -0.0802 e. The molecular weight excluding hydrogens is 745 g/mol. The zero-order chi connectivity index (χ0) is 44.4. The summed E-state index contributed by atoms with van der Waals surface area (Å²) in [5.74, 6) is 6.83. The molecule has 0 bridgehead atoms. The Morgan fingerprint density at radius 2 is 0.613 bits per heavy atom. The van der Waals surface area contributed by atoms with Crippen LogP contribution in [0.15, 0.2) is 119 Å². The van der Waals surface area contributed by atoms with Crippen LogP contribution in [0.2, 0.25) is 0 Å². The van der Waals surface area contributed by atoms with Crippen LogP contribution < -0.4 is 0 Å². The first-order valence-electron chi connectivity index (χ1n) is 25.8. The third-order valence-electron chi connectivity index (χ3n) is 19.2. The quantitative estimate of drug-likeness (QED) is 0.268. The van der Waals surface area contributed by atoms with Crippen molar-refractivity contribution in [2.24, 2.45) is 92.7 Å². The number of allylic oxidation sites excluding steroid dienone is 16. The fraction of sp³-hybridized carbons (Fsp3) is 0.645. The Bertz CT molecular complexity index is 1870. The van der Waals surface area contributed by atoms with Crippen molar-refractivity contribution >= 4 is 0 Å². The molecule has 9 rings (SSSR count). The molecule has 10 atom stereocenters. The van der Waals surface area contributed by atoms with Crippen LogP contribution in [-0.2, 0) is 10.8 Å². The number of hydrogen-bond acceptors (Lipinski definition) is 0. The molecule has 1 aromatic carbocycles. The lowest BCUT2D eigenvalue weighted by Gasteiger charge is -2.49. The van der Waals surface area contributed by atoms with Crippen molar-refractivity contribution in [3.8, 4) is 0 Å². The Labute approximate surface area is 380 Å². The zero-order valence-corrected chi connectivity index (χ0v) is 41.8. The van der Waals surface area contributed by atoms with Crippen molar-refractivity contribution in [1.82, 2.24) is 0 Å². The van der Waals surface area contributed by atoms with Gasteiger partial charge in [0.25, 0.3) is 0 Å². The fourth-order valence-electron chi connectivity index (χ4n) is 15.5. The van der Waals surface area contributed by atoms with Gasteiger partial charge in [-0.15, -0.1) is 0 Å². The van der Waals surface area contributed by atoms with Crippen molar-refractivity contribution in [2.45, 2.75) is 159 Å². The maximum Gasteiger partial charge on any atom is -0.000705 e. The van der Waals surface area contributed by atoms with Gasteiger partial charge in [-0.2, -0.15) is 0 Å². The van der Waals surface area contributed by atoms with Gasteiger partial charge in [0.05, 0.1) is 0 Å². The third-order valence-corrected chi connectivity index (χ3v) is 19.2. The molecular formula is C62H86. The molecule has 334 valence electrons. The molecule has 0 aliphatic heterocycles. The van der Waals surface area contributed by atoms with Gasteiger partial charge in [0.15, 0.2) is 0 Å². The van der Waals surface area contributed by atoms with Crippen LogP contribution in [0.25, 0.3) is 0 Å². The Kier molecular flexibility index (Phi) is 11.0. The normalized spacial score (nSPS) is 35.6. The van der Waals surface area contributed by atoms with Gasteiger partial charge in [-0.05, 0) is 163 Å². The van der Waals surface area contributed by atoms with E-state index in [2.05, 4.69) is 194 Å². The second-order valence-corrected chi connectivity index (χ2v) is 26.7. The van der Waals surface area contributed by atoms with E-state index in [1.807, 2.05) is 0 Å². The molecule has 62 heavy (non-hydrogen) atoms. The van der Waals surface area contributed by atoms with E-state index in [0.29, 0.717) is 71.0 Å². The Morgan fingerprint density at radius 3 is 0.855 bits per heavy atom. The maximum absolute atomic E-state index is 2.87. The highest BCUT2D eigenvalue weighted by Gasteiger charge is 2.60. The van der Waals surface area contributed by atoms with Gasteiger partial charge >= 0.3 is 0 Å². The second kappa shape index (κ2) is 15.4. The van der Waals surface area contributed by atoms with Gasteiger partial charge in [0.1, 0.15) is 0 Å². The first-order chi connectivity index (χ1) is 29.0. The molecule has 0 N–H and O–H groups in total. The lowest BCUT2D eigenvalue weighted by atomic mass is 9.54. The third kappa shape index (κ3) is 7.29. The number of rotatable bonds is 6. The van der Waals surface area contributed by atoms with Crippen molar-refractivity contribution in [3.05, 3.63) is 131 Å². The average Bonchev–Trinajstić information content (AvgIpc) is 4.04. The highest BCUT2D eigenvalue weighted by molar-refractivity contribution is 5.46. The van der Waals surface area contributed by atoms with Crippen LogP contribution in [0.4, 0.5) is 0 Å². The van der Waals surface area contributed by atoms with Gasteiger partial charge in [0, 0.05) is 0 Å². The van der Waals surface area contributed by atoms with Gasteiger partial charge in [-0.1, -0.05) is 220 Å². The largest absolute Gasteiger partial charge is 0.0802 e. The zero-order valence-electron chi connectivity index (χ0n) is 41.8. The van der Waals surface area contributed by atoms with Crippen LogP contribution in [0.1, 0.15) is 159 Å². The van der Waals surface area contributed by atoms with Gasteiger partial charge in [0.2, 0.25) is 0 Å². The molecule has 0 heterocycles. The lowest BCUT2D eigenvalue weighted by Crippen LogP contribution is -2.46. The van der Waals surface area contributed by atoms with E-state index in [-0.39, 0.29) is 32.5 Å². The van der Waals surface area contributed by atoms with E-state index < -0.39 is 0 Å². The van der Waals surface area contributed by atoms with E-state index in [1.54, 1.807) is 11.1 Å². The monoisotopic (exact) mass is 831 g/mol. The van der Waals surface area contributed by atoms with Gasteiger partial charge < -0.3 is 0 Å². The number of hydrogen-bond donors (Lipinski definition) is 0. The highest BCUT2D eigenvalue weighted by atomic mass is 14.6. The molecule has 1 aromatic rings. The van der Waals surface area contributed by atoms with E-state index in [0.717, 1.165) is 0 Å². The first kappa shape index (κ1) is 44.3. The summed E-state index contributed by atoms with van der Waals surface area (Å²) in [6.45, 7) is 34.6. The molecule has 0 saturated heterocycles. The van der Waals surface area contributed by atoms with Gasteiger partial charge in [-0.25, -0.2) is 0 Å². The van der Waals surface area contributed by atoms with Crippen molar-refractivity contribution < 1.29 is 0 Å². The molecule has 8 aliphatic rings. The van der Waals surface area contributed by atoms with Crippen molar-refractivity contribution in [3.63, 3.8) is 0 Å². The van der Waals surface area contributed by atoms with Crippen LogP contribution >= 0.6 is 0 Å². The van der Waals surface area contributed by atoms with Crippen LogP contribution in [0, 0.1) is 92.7 Å². The summed E-state index contributed by atoms with van der Waals surface area (Å²) in [6, 6.07) is 10.7. The van der Waals surface area contributed by atoms with E-state index >= 15 is 0 Å². The summed E-state index contributed by atoms with van der Waals surface area (Å²) >= 11 is 0. The molecule has 8 aliphatic carbocycles. The molecule has 10 unspecified atom stereocenters. The molecule has 0 heteroatoms. The summed E-state index contributed by atoms with van der Waals surface area (Å²) < 4.78 is 0. The lowest BCUT2D eigenvalue weighted by molar-refractivity contribution is 0.130. The molecule has 4 saturated carbocycles. The molecule has 0 nitrogen and oxygen atoms in total. The minimum atomic E-state index is 0.0746. The number of fused-ring (bicyclic) bond motifs is 6. The van der Waals surface area contributed by atoms with E-state index in [9.17, 15) is 0 Å². The summed E-state index contributed by atoms with van der Waals surface area (Å²) in [4.78, 5) is 0. The van der Waals surface area contributed by atoms with E-state index in [4.69, 9.17) is 0 Å². The van der Waals surface area contributed by atoms with E-state index in [1.165, 1.54) is 73.7 Å². The molecule has 0 aromatic heterocycles. The predicted octanol–water partition coefficient (Wildman–Crippen LogP) is 16.9. The standard InChI is InChI=1S/C62H86/c1-57(2,3)41-26-30-47-51(35-41)52-36-42(58(4,5)6)27-31-48(52)55(47)61(13,39-20-15-16-21-39)45-24-19-25-46(34-45)62(14,40-22-17-18-23-40)56-49-32-28-43(59(7,8)9)37-53(49)54-38-44(60(10,11)12)29-33-50(54)56/h19,24-40,47-56H,15-18,20-23H2,1-14H3. The molecule has 4 fully saturated rings. The minimum absolute atomic E-state index is 0.0746. The highest BCUT2D eigenvalue weighted by Crippen LogP contribution is 2.66. The number of benzene rings is 1. The average molecular weight is 831 g/mol. The fourth-order valence-corrected chi connectivity index (χ4v) is 15.5. The SMILES string of the molecule is CC(C)(C)C1=CC2C3C=C(C(C)(C)C)C=CC3C(C(C)(c3cccc(C(C)(C4CCCC4)C4C5C=CC(C(C)(C)C)=CC5C5C=C(C(C)(C)C)C=CC54)c3)C3CCCC3)C2C=C1. The second-order valence-electron chi connectivity index (χ2n) is 26.7. The van der Waals surface area contributed by atoms with Crippen LogP contribution in [-0.4, -0.2) is 0 Å². The summed E-state index contributed by atoms with van der Waals surface area (Å²) in [5, 5.41) is 0. The molecule has 0 amide bonds. The Hall–Kier alpha value is -2.86. The summed E-state index contributed by atoms with van der Waals surface area (Å²) in [7, 11) is 0. The maximum atomic E-state index is 2.87. The smallest absolute Gasteiger partial charge is 0.000705 e. The Balaban J connectivity index is 1.19. The first-order valence-corrected chi connectivity index (χ1v) is 25.8. The molecule has 0 spiro atoms. The summed E-state index contributed by atoms with van der Waals surface area (Å²) in [6.07, 6.45) is 43.2. The predicted molar refractivity (Wildman–Crippen MR) is 267 cm³/mol.